The Balaban J connectivity index is 2.16. The molecule has 92 valence electrons. The molecule has 2 heterocycles. The number of nitrogens with one attached hydrogen (secondary N) is 1. The predicted octanol–water partition coefficient (Wildman–Crippen LogP) is 2.30. The number of rotatable bonds is 4. The van der Waals surface area contributed by atoms with Crippen molar-refractivity contribution in [1.29, 1.82) is 0 Å². The zero-order chi connectivity index (χ0) is 12.4. The van der Waals surface area contributed by atoms with E-state index in [-0.39, 0.29) is 6.04 Å². The lowest BCUT2D eigenvalue weighted by Crippen LogP contribution is -2.28. The Morgan fingerprint density at radius 3 is 2.88 bits per heavy atom. The van der Waals surface area contributed by atoms with Gasteiger partial charge in [0.2, 0.25) is 0 Å². The molecule has 0 bridgehead atoms. The van der Waals surface area contributed by atoms with Crippen LogP contribution in [0.4, 0.5) is 0 Å². The SMILES string of the molecule is Cc1cc(C(Cc2cnn(C)c2)NN)sc1Br. The normalized spacial score (nSPS) is 12.9. The molecule has 2 aromatic rings. The Hall–Kier alpha value is -0.690. The Kier molecular flexibility index (Phi) is 3.98. The van der Waals surface area contributed by atoms with E-state index in [9.17, 15) is 0 Å². The van der Waals surface area contributed by atoms with Gasteiger partial charge in [0.1, 0.15) is 0 Å². The molecule has 0 saturated heterocycles. The molecule has 0 fully saturated rings. The number of aryl methyl sites for hydroxylation is 2. The van der Waals surface area contributed by atoms with Crippen LogP contribution in [0.2, 0.25) is 0 Å². The van der Waals surface area contributed by atoms with Gasteiger partial charge in [-0.1, -0.05) is 0 Å². The summed E-state index contributed by atoms with van der Waals surface area (Å²) in [5.41, 5.74) is 5.29. The molecule has 17 heavy (non-hydrogen) atoms. The lowest BCUT2D eigenvalue weighted by Gasteiger charge is -2.12. The lowest BCUT2D eigenvalue weighted by molar-refractivity contribution is 0.560. The van der Waals surface area contributed by atoms with E-state index in [0.717, 1.165) is 6.42 Å². The molecular weight excluding hydrogens is 300 g/mol. The minimum absolute atomic E-state index is 0.134. The first-order valence-electron chi connectivity index (χ1n) is 5.29. The van der Waals surface area contributed by atoms with Crippen molar-refractivity contribution in [3.8, 4) is 0 Å². The number of nitrogens with two attached hydrogens (primary N) is 1. The third kappa shape index (κ3) is 2.95. The van der Waals surface area contributed by atoms with Crippen LogP contribution in [0.5, 0.6) is 0 Å². The fourth-order valence-corrected chi connectivity index (χ4v) is 3.34. The molecule has 1 atom stereocenters. The average Bonchev–Trinajstić information content (AvgIpc) is 2.83. The minimum atomic E-state index is 0.134. The Morgan fingerprint density at radius 1 is 1.65 bits per heavy atom. The number of nitrogens with zero attached hydrogens (tertiary/aromatic N) is 2. The maximum Gasteiger partial charge on any atom is 0.0731 e. The topological polar surface area (TPSA) is 55.9 Å². The Morgan fingerprint density at radius 2 is 2.41 bits per heavy atom. The molecule has 0 aromatic carbocycles. The molecule has 0 saturated carbocycles. The molecule has 4 nitrogen and oxygen atoms in total. The second kappa shape index (κ2) is 5.30. The molecule has 3 N–H and O–H groups in total. The Bertz CT molecular complexity index is 486. The number of hydrogen-bond acceptors (Lipinski definition) is 4. The molecule has 6 heteroatoms. The van der Waals surface area contributed by atoms with Crippen LogP contribution in [0, 0.1) is 6.92 Å². The first kappa shape index (κ1) is 12.8. The van der Waals surface area contributed by atoms with Crippen LogP contribution >= 0.6 is 27.3 Å². The molecule has 2 aromatic heterocycles. The molecule has 0 radical (unpaired) electrons. The van der Waals surface area contributed by atoms with Gasteiger partial charge in [-0.3, -0.25) is 16.0 Å². The van der Waals surface area contributed by atoms with Crippen LogP contribution in [-0.4, -0.2) is 9.78 Å². The summed E-state index contributed by atoms with van der Waals surface area (Å²) in [5.74, 6) is 5.63. The molecule has 0 aliphatic heterocycles. The zero-order valence-corrected chi connectivity index (χ0v) is 12.2. The van der Waals surface area contributed by atoms with Crippen molar-refractivity contribution in [1.82, 2.24) is 15.2 Å². The zero-order valence-electron chi connectivity index (χ0n) is 9.77. The number of hydrogen-bond donors (Lipinski definition) is 2. The standard InChI is InChI=1S/C11H15BrN4S/c1-7-3-10(17-11(7)12)9(15-13)4-8-5-14-16(2)6-8/h3,5-6,9,15H,4,13H2,1-2H3. The summed E-state index contributed by atoms with van der Waals surface area (Å²) in [7, 11) is 1.92. The summed E-state index contributed by atoms with van der Waals surface area (Å²) in [6.07, 6.45) is 4.73. The van der Waals surface area contributed by atoms with Gasteiger partial charge in [0, 0.05) is 18.1 Å². The third-order valence-electron chi connectivity index (χ3n) is 2.62. The first-order valence-corrected chi connectivity index (χ1v) is 6.90. The van der Waals surface area contributed by atoms with Crippen molar-refractivity contribution in [3.05, 3.63) is 38.3 Å². The van der Waals surface area contributed by atoms with E-state index >= 15 is 0 Å². The molecule has 1 unspecified atom stereocenters. The van der Waals surface area contributed by atoms with E-state index in [1.807, 2.05) is 19.4 Å². The first-order chi connectivity index (χ1) is 8.10. The smallest absolute Gasteiger partial charge is 0.0731 e. The van der Waals surface area contributed by atoms with Crippen LogP contribution in [0.1, 0.15) is 22.0 Å². The number of halogens is 1. The van der Waals surface area contributed by atoms with Crippen LogP contribution in [-0.2, 0) is 13.5 Å². The lowest BCUT2D eigenvalue weighted by atomic mass is 10.1. The largest absolute Gasteiger partial charge is 0.276 e. The third-order valence-corrected chi connectivity index (χ3v) is 4.87. The number of thiophene rings is 1. The average molecular weight is 315 g/mol. The van der Waals surface area contributed by atoms with Crippen molar-refractivity contribution in [3.63, 3.8) is 0 Å². The maximum atomic E-state index is 5.63. The van der Waals surface area contributed by atoms with Crippen LogP contribution in [0.25, 0.3) is 0 Å². The summed E-state index contributed by atoms with van der Waals surface area (Å²) >= 11 is 5.26. The minimum Gasteiger partial charge on any atom is -0.276 e. The van der Waals surface area contributed by atoms with Gasteiger partial charge in [0.05, 0.1) is 16.0 Å². The van der Waals surface area contributed by atoms with E-state index in [4.69, 9.17) is 5.84 Å². The second-order valence-electron chi connectivity index (χ2n) is 4.05. The number of hydrazine groups is 1. The van der Waals surface area contributed by atoms with Crippen LogP contribution < -0.4 is 11.3 Å². The van der Waals surface area contributed by atoms with E-state index < -0.39 is 0 Å². The predicted molar refractivity (Wildman–Crippen MR) is 73.7 cm³/mol. The highest BCUT2D eigenvalue weighted by Gasteiger charge is 2.15. The molecule has 0 aliphatic carbocycles. The highest BCUT2D eigenvalue weighted by Crippen LogP contribution is 2.32. The molecular formula is C11H15BrN4S. The molecule has 0 spiro atoms. The monoisotopic (exact) mass is 314 g/mol. The van der Waals surface area contributed by atoms with Gasteiger partial charge >= 0.3 is 0 Å². The molecule has 2 rings (SSSR count). The molecule has 0 aliphatic rings. The summed E-state index contributed by atoms with van der Waals surface area (Å²) in [6.45, 7) is 2.09. The fourth-order valence-electron chi connectivity index (χ4n) is 1.71. The van der Waals surface area contributed by atoms with Crippen LogP contribution in [0.3, 0.4) is 0 Å². The summed E-state index contributed by atoms with van der Waals surface area (Å²) in [5, 5.41) is 4.16. The van der Waals surface area contributed by atoms with Gasteiger partial charge in [0.25, 0.3) is 0 Å². The second-order valence-corrected chi connectivity index (χ2v) is 6.45. The fraction of sp³-hybridized carbons (Fsp3) is 0.364. The van der Waals surface area contributed by atoms with Gasteiger partial charge in [0.15, 0.2) is 0 Å². The van der Waals surface area contributed by atoms with Crippen molar-refractivity contribution >= 4 is 27.3 Å². The Labute approximate surface area is 113 Å². The van der Waals surface area contributed by atoms with E-state index in [1.165, 1.54) is 19.8 Å². The van der Waals surface area contributed by atoms with Crippen LogP contribution in [0.15, 0.2) is 22.2 Å². The summed E-state index contributed by atoms with van der Waals surface area (Å²) < 4.78 is 2.97. The van der Waals surface area contributed by atoms with Crippen molar-refractivity contribution in [2.75, 3.05) is 0 Å². The van der Waals surface area contributed by atoms with Gasteiger partial charge in [-0.25, -0.2) is 0 Å². The van der Waals surface area contributed by atoms with E-state index in [2.05, 4.69) is 39.4 Å². The summed E-state index contributed by atoms with van der Waals surface area (Å²) in [4.78, 5) is 1.24. The van der Waals surface area contributed by atoms with E-state index in [0.29, 0.717) is 0 Å². The van der Waals surface area contributed by atoms with Gasteiger partial charge in [-0.15, -0.1) is 11.3 Å². The number of aromatic nitrogens is 2. The van der Waals surface area contributed by atoms with Crippen molar-refractivity contribution < 1.29 is 0 Å². The maximum absolute atomic E-state index is 5.63. The molecule has 0 amide bonds. The van der Waals surface area contributed by atoms with Gasteiger partial charge in [-0.05, 0) is 46.5 Å². The van der Waals surface area contributed by atoms with Crippen molar-refractivity contribution in [2.24, 2.45) is 12.9 Å². The van der Waals surface area contributed by atoms with E-state index in [1.54, 1.807) is 16.0 Å². The van der Waals surface area contributed by atoms with Gasteiger partial charge < -0.3 is 0 Å². The van der Waals surface area contributed by atoms with Gasteiger partial charge in [-0.2, -0.15) is 5.10 Å². The quantitative estimate of drug-likeness (QED) is 0.672. The highest BCUT2D eigenvalue weighted by atomic mass is 79.9. The summed E-state index contributed by atoms with van der Waals surface area (Å²) in [6, 6.07) is 2.30. The highest BCUT2D eigenvalue weighted by molar-refractivity contribution is 9.11. The van der Waals surface area contributed by atoms with Crippen molar-refractivity contribution in [2.45, 2.75) is 19.4 Å².